The van der Waals surface area contributed by atoms with E-state index in [4.69, 9.17) is 21.1 Å². The van der Waals surface area contributed by atoms with Gasteiger partial charge in [0.15, 0.2) is 9.84 Å². The van der Waals surface area contributed by atoms with E-state index >= 15 is 0 Å². The molecule has 2 aliphatic heterocycles. The van der Waals surface area contributed by atoms with Crippen molar-refractivity contribution in [1.29, 1.82) is 0 Å². The van der Waals surface area contributed by atoms with Gasteiger partial charge in [-0.3, -0.25) is 15.0 Å². The van der Waals surface area contributed by atoms with Crippen molar-refractivity contribution in [1.82, 2.24) is 4.90 Å². The molecule has 5 rings (SSSR count). The van der Waals surface area contributed by atoms with E-state index in [1.165, 1.54) is 25.3 Å². The minimum Gasteiger partial charge on any atom is -0.465 e. The second kappa shape index (κ2) is 10.5. The Labute approximate surface area is 230 Å². The number of rotatable bonds is 5. The van der Waals surface area contributed by atoms with Crippen LogP contribution in [0, 0.1) is 17.0 Å². The lowest BCUT2D eigenvalue weighted by molar-refractivity contribution is -0.384. The summed E-state index contributed by atoms with van der Waals surface area (Å²) in [4.78, 5) is 27.0. The molecule has 39 heavy (non-hydrogen) atoms. The van der Waals surface area contributed by atoms with Gasteiger partial charge in [-0.05, 0) is 42.3 Å². The smallest absolute Gasteiger partial charge is 0.337 e. The van der Waals surface area contributed by atoms with Crippen LogP contribution in [0.3, 0.4) is 0 Å². The van der Waals surface area contributed by atoms with Gasteiger partial charge < -0.3 is 14.4 Å². The maximum Gasteiger partial charge on any atom is 0.337 e. The molecule has 3 aromatic carbocycles. The number of carbonyl (C=O) groups excluding carboxylic acids is 1. The number of nitro groups is 1. The summed E-state index contributed by atoms with van der Waals surface area (Å²) in [5, 5.41) is 11.4. The second-order valence-electron chi connectivity index (χ2n) is 9.58. The first-order chi connectivity index (χ1) is 18.6. The number of hydrogen-bond acceptors (Lipinski definition) is 9. The molecular weight excluding hydrogens is 546 g/mol. The van der Waals surface area contributed by atoms with Crippen LogP contribution in [0.2, 0.25) is 5.02 Å². The Morgan fingerprint density at radius 1 is 1.10 bits per heavy atom. The maximum atomic E-state index is 13.4. The molecule has 0 saturated carbocycles. The minimum atomic E-state index is -3.86. The van der Waals surface area contributed by atoms with Gasteiger partial charge in [-0.1, -0.05) is 23.7 Å². The number of benzene rings is 3. The van der Waals surface area contributed by atoms with Gasteiger partial charge in [0.1, 0.15) is 16.4 Å². The van der Waals surface area contributed by atoms with Crippen LogP contribution < -0.4 is 9.64 Å². The first-order valence-corrected chi connectivity index (χ1v) is 14.3. The molecule has 0 amide bonds. The monoisotopic (exact) mass is 571 g/mol. The minimum absolute atomic E-state index is 0.0711. The average molecular weight is 572 g/mol. The van der Waals surface area contributed by atoms with Crippen molar-refractivity contribution in [2.75, 3.05) is 38.2 Å². The summed E-state index contributed by atoms with van der Waals surface area (Å²) in [6, 6.07) is 13.0. The summed E-state index contributed by atoms with van der Waals surface area (Å²) < 4.78 is 37.7. The fourth-order valence-electron chi connectivity index (χ4n) is 4.95. The number of halogens is 1. The molecule has 0 unspecified atom stereocenters. The van der Waals surface area contributed by atoms with Crippen molar-refractivity contribution in [2.45, 2.75) is 24.1 Å². The largest absolute Gasteiger partial charge is 0.465 e. The summed E-state index contributed by atoms with van der Waals surface area (Å²) in [5.41, 5.74) is 2.77. The van der Waals surface area contributed by atoms with Crippen molar-refractivity contribution in [3.63, 3.8) is 0 Å². The second-order valence-corrected chi connectivity index (χ2v) is 11.9. The Morgan fingerprint density at radius 3 is 2.54 bits per heavy atom. The molecule has 12 heteroatoms. The van der Waals surface area contributed by atoms with Crippen LogP contribution in [-0.2, 0) is 26.9 Å². The highest BCUT2D eigenvalue weighted by Gasteiger charge is 2.32. The number of aryl methyl sites for hydroxylation is 1. The topological polar surface area (TPSA) is 119 Å². The SMILES string of the molecule is COC(=O)c1cc(C)c2c(c1)S(=O)(=O)Cc1cc(N3CCN(Cc4cccc([N+](=O)[O-])c4)CC3)cc(Cl)c1O2. The van der Waals surface area contributed by atoms with Crippen molar-refractivity contribution in [3.8, 4) is 11.5 Å². The number of sulfone groups is 1. The molecular formula is C27H26ClN3O7S. The highest BCUT2D eigenvalue weighted by atomic mass is 35.5. The zero-order chi connectivity index (χ0) is 27.9. The van der Waals surface area contributed by atoms with Crippen LogP contribution in [0.25, 0.3) is 0 Å². The van der Waals surface area contributed by atoms with E-state index in [1.54, 1.807) is 31.2 Å². The van der Waals surface area contributed by atoms with E-state index in [0.717, 1.165) is 11.3 Å². The third-order valence-corrected chi connectivity index (χ3v) is 8.86. The molecule has 1 saturated heterocycles. The molecule has 204 valence electrons. The number of nitro benzene ring substituents is 1. The standard InChI is InChI=1S/C27H26ClN3O7S/c1-17-10-19(27(32)37-2)13-24-25(17)38-26-20(16-39(24,35)36)12-22(14-23(26)28)30-8-6-29(7-9-30)15-18-4-3-5-21(11-18)31(33)34/h3-5,10-14H,6-9,15-16H2,1-2H3. The van der Waals surface area contributed by atoms with E-state index in [1.807, 2.05) is 6.07 Å². The van der Waals surface area contributed by atoms with E-state index in [0.29, 0.717) is 48.9 Å². The lowest BCUT2D eigenvalue weighted by atomic mass is 10.1. The first kappa shape index (κ1) is 26.9. The zero-order valence-electron chi connectivity index (χ0n) is 21.3. The maximum absolute atomic E-state index is 13.4. The Kier molecular flexibility index (Phi) is 7.23. The fourth-order valence-corrected chi connectivity index (χ4v) is 6.80. The predicted octanol–water partition coefficient (Wildman–Crippen LogP) is 4.75. The van der Waals surface area contributed by atoms with E-state index < -0.39 is 20.7 Å². The van der Waals surface area contributed by atoms with E-state index in [-0.39, 0.29) is 33.4 Å². The first-order valence-electron chi connectivity index (χ1n) is 12.2. The van der Waals surface area contributed by atoms with Gasteiger partial charge in [-0.2, -0.15) is 0 Å². The Hall–Kier alpha value is -3.67. The van der Waals surface area contributed by atoms with Gasteiger partial charge in [-0.15, -0.1) is 0 Å². The summed E-state index contributed by atoms with van der Waals surface area (Å²) in [6.45, 7) is 5.03. The normalized spacial score (nSPS) is 16.4. The van der Waals surface area contributed by atoms with Crippen LogP contribution in [0.15, 0.2) is 53.4 Å². The van der Waals surface area contributed by atoms with Gasteiger partial charge in [0, 0.05) is 56.1 Å². The van der Waals surface area contributed by atoms with Crippen molar-refractivity contribution in [2.24, 2.45) is 0 Å². The molecule has 1 fully saturated rings. The summed E-state index contributed by atoms with van der Waals surface area (Å²) in [5.74, 6) is -0.547. The highest BCUT2D eigenvalue weighted by Crippen LogP contribution is 2.45. The van der Waals surface area contributed by atoms with Gasteiger partial charge in [0.05, 0.1) is 28.4 Å². The Bertz CT molecular complexity index is 1580. The van der Waals surface area contributed by atoms with Crippen molar-refractivity contribution in [3.05, 3.63) is 85.9 Å². The predicted molar refractivity (Wildman–Crippen MR) is 146 cm³/mol. The molecule has 0 bridgehead atoms. The van der Waals surface area contributed by atoms with Crippen LogP contribution in [0.5, 0.6) is 11.5 Å². The number of non-ortho nitro benzene ring substituents is 1. The number of methoxy groups -OCH3 is 1. The Balaban J connectivity index is 1.37. The van der Waals surface area contributed by atoms with Gasteiger partial charge in [0.2, 0.25) is 0 Å². The third-order valence-electron chi connectivity index (χ3n) is 6.92. The third kappa shape index (κ3) is 5.42. The van der Waals surface area contributed by atoms with E-state index in [2.05, 4.69) is 9.80 Å². The van der Waals surface area contributed by atoms with E-state index in [9.17, 15) is 23.3 Å². The van der Waals surface area contributed by atoms with Crippen LogP contribution in [0.4, 0.5) is 11.4 Å². The fraction of sp³-hybridized carbons (Fsp3) is 0.296. The van der Waals surface area contributed by atoms with Gasteiger partial charge in [0.25, 0.3) is 5.69 Å². The molecule has 3 aromatic rings. The summed E-state index contributed by atoms with van der Waals surface area (Å²) >= 11 is 6.65. The van der Waals surface area contributed by atoms with Crippen molar-refractivity contribution >= 4 is 38.8 Å². The number of anilines is 1. The lowest BCUT2D eigenvalue weighted by Crippen LogP contribution is -2.46. The molecule has 0 aliphatic carbocycles. The Morgan fingerprint density at radius 2 is 1.85 bits per heavy atom. The average Bonchev–Trinajstić information content (AvgIpc) is 3.02. The van der Waals surface area contributed by atoms with Crippen LogP contribution in [-0.4, -0.2) is 57.5 Å². The molecule has 2 aliphatic rings. The highest BCUT2D eigenvalue weighted by molar-refractivity contribution is 7.90. The summed E-state index contributed by atoms with van der Waals surface area (Å²) in [6.07, 6.45) is 0. The lowest BCUT2D eigenvalue weighted by Gasteiger charge is -2.36. The molecule has 0 aromatic heterocycles. The number of ether oxygens (including phenoxy) is 2. The summed E-state index contributed by atoms with van der Waals surface area (Å²) in [7, 11) is -2.63. The molecule has 0 spiro atoms. The van der Waals surface area contributed by atoms with Crippen molar-refractivity contribution < 1.29 is 27.6 Å². The van der Waals surface area contributed by atoms with Crippen LogP contribution >= 0.6 is 11.6 Å². The quantitative estimate of drug-likeness (QED) is 0.243. The van der Waals surface area contributed by atoms with Crippen LogP contribution in [0.1, 0.15) is 27.0 Å². The van der Waals surface area contributed by atoms with Gasteiger partial charge in [-0.25, -0.2) is 13.2 Å². The number of nitrogens with zero attached hydrogens (tertiary/aromatic N) is 3. The zero-order valence-corrected chi connectivity index (χ0v) is 22.9. The molecule has 10 nitrogen and oxygen atoms in total. The molecule has 0 N–H and O–H groups in total. The van der Waals surface area contributed by atoms with Gasteiger partial charge >= 0.3 is 5.97 Å². The number of esters is 1. The molecule has 0 radical (unpaired) electrons. The number of hydrogen-bond donors (Lipinski definition) is 0. The number of carbonyl (C=O) groups is 1. The molecule has 0 atom stereocenters. The number of fused-ring (bicyclic) bond motifs is 2. The molecule has 2 heterocycles. The number of piperazine rings is 1.